The molecular formula is C13H13F2N3O2. The number of halogens is 2. The van der Waals surface area contributed by atoms with E-state index in [1.54, 1.807) is 30.2 Å². The van der Waals surface area contributed by atoms with Gasteiger partial charge in [-0.15, -0.1) is 0 Å². The maximum atomic E-state index is 12.1. The fourth-order valence-electron chi connectivity index (χ4n) is 1.67. The lowest BCUT2D eigenvalue weighted by atomic mass is 10.2. The topological polar surface area (TPSA) is 56.2 Å². The molecule has 0 radical (unpaired) electrons. The van der Waals surface area contributed by atoms with E-state index in [2.05, 4.69) is 15.0 Å². The Morgan fingerprint density at radius 2 is 2.30 bits per heavy atom. The lowest BCUT2D eigenvalue weighted by Gasteiger charge is -2.08. The monoisotopic (exact) mass is 281 g/mol. The van der Waals surface area contributed by atoms with Crippen molar-refractivity contribution in [3.8, 4) is 5.75 Å². The van der Waals surface area contributed by atoms with Crippen LogP contribution < -0.4 is 10.1 Å². The minimum absolute atomic E-state index is 0.00154. The molecule has 0 bridgehead atoms. The Labute approximate surface area is 114 Å². The fraction of sp³-hybridized carbons (Fsp3) is 0.231. The van der Waals surface area contributed by atoms with Gasteiger partial charge in [-0.05, 0) is 12.1 Å². The molecule has 0 saturated heterocycles. The molecule has 1 aromatic carbocycles. The second-order valence-corrected chi connectivity index (χ2v) is 4.13. The Hall–Kier alpha value is -2.44. The highest BCUT2D eigenvalue weighted by Gasteiger charge is 2.09. The summed E-state index contributed by atoms with van der Waals surface area (Å²) >= 11 is 0. The van der Waals surface area contributed by atoms with E-state index in [1.165, 1.54) is 18.2 Å². The Bertz CT molecular complexity index is 599. The number of alkyl halides is 2. The van der Waals surface area contributed by atoms with E-state index in [4.69, 9.17) is 0 Å². The second kappa shape index (κ2) is 6.14. The summed E-state index contributed by atoms with van der Waals surface area (Å²) < 4.78 is 30.2. The largest absolute Gasteiger partial charge is 0.435 e. The number of nitrogens with one attached hydrogen (secondary N) is 1. The number of aromatic nitrogens is 2. The van der Waals surface area contributed by atoms with Crippen molar-refractivity contribution in [1.82, 2.24) is 9.55 Å². The molecule has 0 fully saturated rings. The molecule has 5 nitrogen and oxygen atoms in total. The SMILES string of the molecule is Cn1cncc1CC(=O)Nc1cccc(OC(F)F)c1. The minimum Gasteiger partial charge on any atom is -0.435 e. The molecule has 2 rings (SSSR count). The highest BCUT2D eigenvalue weighted by Crippen LogP contribution is 2.19. The van der Waals surface area contributed by atoms with E-state index >= 15 is 0 Å². The van der Waals surface area contributed by atoms with Crippen LogP contribution in [0.3, 0.4) is 0 Å². The van der Waals surface area contributed by atoms with Gasteiger partial charge in [0.05, 0.1) is 12.7 Å². The first-order valence-corrected chi connectivity index (χ1v) is 5.84. The summed E-state index contributed by atoms with van der Waals surface area (Å²) in [5.74, 6) is -0.263. The average Bonchev–Trinajstić information content (AvgIpc) is 2.74. The van der Waals surface area contributed by atoms with E-state index in [1.807, 2.05) is 0 Å². The first-order valence-electron chi connectivity index (χ1n) is 5.84. The zero-order chi connectivity index (χ0) is 14.5. The van der Waals surface area contributed by atoms with Crippen molar-refractivity contribution < 1.29 is 18.3 Å². The number of amides is 1. The Kier molecular flexibility index (Phi) is 4.29. The number of benzene rings is 1. The maximum absolute atomic E-state index is 12.1. The van der Waals surface area contributed by atoms with Crippen LogP contribution in [0.4, 0.5) is 14.5 Å². The number of aryl methyl sites for hydroxylation is 1. The average molecular weight is 281 g/mol. The summed E-state index contributed by atoms with van der Waals surface area (Å²) in [6.45, 7) is -2.89. The van der Waals surface area contributed by atoms with Crippen LogP contribution in [-0.2, 0) is 18.3 Å². The third-order valence-corrected chi connectivity index (χ3v) is 2.60. The predicted octanol–water partition coefficient (Wildman–Crippen LogP) is 2.20. The van der Waals surface area contributed by atoms with Gasteiger partial charge >= 0.3 is 6.61 Å². The van der Waals surface area contributed by atoms with Gasteiger partial charge in [-0.2, -0.15) is 8.78 Å². The van der Waals surface area contributed by atoms with E-state index in [-0.39, 0.29) is 18.1 Å². The maximum Gasteiger partial charge on any atom is 0.387 e. The van der Waals surface area contributed by atoms with Gasteiger partial charge in [-0.3, -0.25) is 4.79 Å². The van der Waals surface area contributed by atoms with E-state index < -0.39 is 6.61 Å². The molecule has 0 spiro atoms. The predicted molar refractivity (Wildman–Crippen MR) is 68.6 cm³/mol. The Balaban J connectivity index is 1.99. The Morgan fingerprint density at radius 1 is 1.50 bits per heavy atom. The first kappa shape index (κ1) is 14.0. The van der Waals surface area contributed by atoms with Gasteiger partial charge in [-0.1, -0.05) is 6.07 Å². The number of rotatable bonds is 5. The van der Waals surface area contributed by atoms with E-state index in [9.17, 15) is 13.6 Å². The lowest BCUT2D eigenvalue weighted by Crippen LogP contribution is -2.16. The summed E-state index contributed by atoms with van der Waals surface area (Å²) in [5.41, 5.74) is 1.15. The number of anilines is 1. The number of hydrogen-bond acceptors (Lipinski definition) is 3. The highest BCUT2D eigenvalue weighted by atomic mass is 19.3. The van der Waals surface area contributed by atoms with Crippen molar-refractivity contribution >= 4 is 11.6 Å². The highest BCUT2D eigenvalue weighted by molar-refractivity contribution is 5.92. The van der Waals surface area contributed by atoms with Gasteiger partial charge in [0.1, 0.15) is 5.75 Å². The van der Waals surface area contributed by atoms with Crippen LogP contribution in [-0.4, -0.2) is 22.1 Å². The second-order valence-electron chi connectivity index (χ2n) is 4.13. The number of imidazole rings is 1. The summed E-state index contributed by atoms with van der Waals surface area (Å²) in [5, 5.41) is 2.62. The van der Waals surface area contributed by atoms with Crippen LogP contribution in [0.5, 0.6) is 5.75 Å². The first-order chi connectivity index (χ1) is 9.54. The smallest absolute Gasteiger partial charge is 0.387 e. The summed E-state index contributed by atoms with van der Waals surface area (Å²) in [7, 11) is 1.78. The molecule has 106 valence electrons. The van der Waals surface area contributed by atoms with Crippen LogP contribution in [0.25, 0.3) is 0 Å². The van der Waals surface area contributed by atoms with Crippen LogP contribution in [0.1, 0.15) is 5.69 Å². The molecule has 0 aliphatic heterocycles. The summed E-state index contributed by atoms with van der Waals surface area (Å²) in [4.78, 5) is 15.7. The Morgan fingerprint density at radius 3 is 2.95 bits per heavy atom. The van der Waals surface area contributed by atoms with Crippen molar-refractivity contribution in [2.75, 3.05) is 5.32 Å². The number of nitrogens with zero attached hydrogens (tertiary/aromatic N) is 2. The van der Waals surface area contributed by atoms with Gasteiger partial charge in [-0.25, -0.2) is 4.98 Å². The van der Waals surface area contributed by atoms with Crippen molar-refractivity contribution in [1.29, 1.82) is 0 Å². The normalized spacial score (nSPS) is 10.6. The van der Waals surface area contributed by atoms with Crippen molar-refractivity contribution in [2.45, 2.75) is 13.0 Å². The zero-order valence-corrected chi connectivity index (χ0v) is 10.7. The molecule has 0 aliphatic rings. The molecule has 7 heteroatoms. The van der Waals surface area contributed by atoms with Gasteiger partial charge < -0.3 is 14.6 Å². The van der Waals surface area contributed by atoms with Gasteiger partial charge in [0.25, 0.3) is 0 Å². The van der Waals surface area contributed by atoms with Crippen LogP contribution in [0, 0.1) is 0 Å². The molecule has 0 aliphatic carbocycles. The van der Waals surface area contributed by atoms with E-state index in [0.29, 0.717) is 5.69 Å². The molecule has 2 aromatic rings. The van der Waals surface area contributed by atoms with Crippen molar-refractivity contribution in [3.63, 3.8) is 0 Å². The van der Waals surface area contributed by atoms with Crippen molar-refractivity contribution in [2.24, 2.45) is 7.05 Å². The summed E-state index contributed by atoms with van der Waals surface area (Å²) in [6, 6.07) is 5.85. The number of carbonyl (C=O) groups excluding carboxylic acids is 1. The fourth-order valence-corrected chi connectivity index (χ4v) is 1.67. The third-order valence-electron chi connectivity index (χ3n) is 2.60. The molecular weight excluding hydrogens is 268 g/mol. The van der Waals surface area contributed by atoms with Gasteiger partial charge in [0, 0.05) is 30.7 Å². The third kappa shape index (κ3) is 3.78. The van der Waals surface area contributed by atoms with Gasteiger partial charge in [0.2, 0.25) is 5.91 Å². The zero-order valence-electron chi connectivity index (χ0n) is 10.7. The molecule has 0 unspecified atom stereocenters. The molecule has 1 aromatic heterocycles. The molecule has 1 heterocycles. The molecule has 1 amide bonds. The van der Waals surface area contributed by atoms with Crippen LogP contribution in [0.2, 0.25) is 0 Å². The molecule has 1 N–H and O–H groups in total. The molecule has 0 saturated carbocycles. The van der Waals surface area contributed by atoms with Gasteiger partial charge in [0.15, 0.2) is 0 Å². The molecule has 20 heavy (non-hydrogen) atoms. The van der Waals surface area contributed by atoms with E-state index in [0.717, 1.165) is 5.69 Å². The van der Waals surface area contributed by atoms with Crippen molar-refractivity contribution in [3.05, 3.63) is 42.5 Å². The van der Waals surface area contributed by atoms with Crippen LogP contribution >= 0.6 is 0 Å². The standard InChI is InChI=1S/C13H13F2N3O2/c1-18-8-16-7-10(18)6-12(19)17-9-3-2-4-11(5-9)20-13(14)15/h2-5,7-8,13H,6H2,1H3,(H,17,19). The lowest BCUT2D eigenvalue weighted by molar-refractivity contribution is -0.115. The molecule has 0 atom stereocenters. The minimum atomic E-state index is -2.89. The number of carbonyl (C=O) groups is 1. The quantitative estimate of drug-likeness (QED) is 0.914. The summed E-state index contributed by atoms with van der Waals surface area (Å²) in [6.07, 6.45) is 3.34. The van der Waals surface area contributed by atoms with Crippen LogP contribution in [0.15, 0.2) is 36.8 Å². The number of ether oxygens (including phenoxy) is 1. The number of hydrogen-bond donors (Lipinski definition) is 1.